The van der Waals surface area contributed by atoms with Gasteiger partial charge in [-0.05, 0) is 18.1 Å². The molecule has 15 heavy (non-hydrogen) atoms. The highest BCUT2D eigenvalue weighted by Crippen LogP contribution is 2.25. The van der Waals surface area contributed by atoms with E-state index in [9.17, 15) is 13.6 Å². The number of pyridine rings is 1. The number of hydrogen-bond donors (Lipinski definition) is 1. The van der Waals surface area contributed by atoms with Crippen molar-refractivity contribution in [1.82, 2.24) is 4.98 Å². The van der Waals surface area contributed by atoms with E-state index in [1.54, 1.807) is 0 Å². The Morgan fingerprint density at radius 2 is 2.27 bits per heavy atom. The summed E-state index contributed by atoms with van der Waals surface area (Å²) in [6, 6.07) is 0. The summed E-state index contributed by atoms with van der Waals surface area (Å²) in [5, 5.41) is 9.16. The topological polar surface area (TPSA) is 50.2 Å². The van der Waals surface area contributed by atoms with Crippen LogP contribution in [0.1, 0.15) is 33.6 Å². The zero-order valence-corrected chi connectivity index (χ0v) is 9.38. The Kier molecular flexibility index (Phi) is 3.73. The Morgan fingerprint density at radius 1 is 1.67 bits per heavy atom. The van der Waals surface area contributed by atoms with Crippen molar-refractivity contribution >= 4 is 21.9 Å². The lowest BCUT2D eigenvalue weighted by molar-refractivity contribution is 0.0694. The molecule has 0 aromatic carbocycles. The van der Waals surface area contributed by atoms with Gasteiger partial charge in [-0.3, -0.25) is 4.98 Å². The molecule has 0 amide bonds. The van der Waals surface area contributed by atoms with Crippen LogP contribution < -0.4 is 0 Å². The van der Waals surface area contributed by atoms with Gasteiger partial charge in [0.15, 0.2) is 0 Å². The van der Waals surface area contributed by atoms with Crippen molar-refractivity contribution in [3.8, 4) is 0 Å². The highest BCUT2D eigenvalue weighted by atomic mass is 79.9. The molecule has 82 valence electrons. The number of nitrogens with zero attached hydrogens (tertiary/aromatic N) is 1. The van der Waals surface area contributed by atoms with Crippen LogP contribution in [-0.2, 0) is 5.33 Å². The fourth-order valence-corrected chi connectivity index (χ4v) is 1.72. The molecule has 0 spiro atoms. The van der Waals surface area contributed by atoms with E-state index in [0.717, 1.165) is 6.20 Å². The van der Waals surface area contributed by atoms with Crippen LogP contribution in [0.3, 0.4) is 0 Å². The summed E-state index contributed by atoms with van der Waals surface area (Å²) < 4.78 is 24.9. The number of carboxylic acid groups (broad SMARTS) is 1. The van der Waals surface area contributed by atoms with Gasteiger partial charge in [0.25, 0.3) is 6.43 Å². The molecule has 0 aliphatic carbocycles. The molecular formula is C9H8BrF2NO2. The van der Waals surface area contributed by atoms with Crippen molar-refractivity contribution in [2.45, 2.75) is 18.7 Å². The van der Waals surface area contributed by atoms with Crippen molar-refractivity contribution < 1.29 is 18.7 Å². The highest BCUT2D eigenvalue weighted by molar-refractivity contribution is 9.08. The van der Waals surface area contributed by atoms with E-state index in [2.05, 4.69) is 20.9 Å². The molecule has 0 saturated heterocycles. The Balaban J connectivity index is 3.42. The minimum atomic E-state index is -2.76. The van der Waals surface area contributed by atoms with Gasteiger partial charge in [0.2, 0.25) is 0 Å². The lowest BCUT2D eigenvalue weighted by atomic mass is 10.0. The third-order valence-electron chi connectivity index (χ3n) is 2.00. The van der Waals surface area contributed by atoms with Gasteiger partial charge in [-0.2, -0.15) is 0 Å². The first-order valence-corrected chi connectivity index (χ1v) is 5.17. The fourth-order valence-electron chi connectivity index (χ4n) is 1.30. The molecule has 1 aromatic rings. The van der Waals surface area contributed by atoms with Crippen molar-refractivity contribution in [3.05, 3.63) is 28.6 Å². The maximum Gasteiger partial charge on any atom is 0.336 e. The molecule has 0 fully saturated rings. The number of carbonyl (C=O) groups is 1. The van der Waals surface area contributed by atoms with Gasteiger partial charge in [0, 0.05) is 11.5 Å². The first kappa shape index (κ1) is 12.0. The van der Waals surface area contributed by atoms with E-state index in [1.165, 1.54) is 6.92 Å². The predicted octanol–water partition coefficient (Wildman–Crippen LogP) is 2.92. The smallest absolute Gasteiger partial charge is 0.336 e. The Hall–Kier alpha value is -1.04. The first-order chi connectivity index (χ1) is 6.99. The van der Waals surface area contributed by atoms with Crippen molar-refractivity contribution in [1.29, 1.82) is 0 Å². The number of aromatic carboxylic acids is 1. The summed E-state index contributed by atoms with van der Waals surface area (Å²) in [4.78, 5) is 14.4. The normalized spacial score (nSPS) is 10.7. The second kappa shape index (κ2) is 4.65. The van der Waals surface area contributed by atoms with Crippen LogP contribution in [0.25, 0.3) is 0 Å². The number of alkyl halides is 3. The van der Waals surface area contributed by atoms with Gasteiger partial charge in [-0.25, -0.2) is 13.6 Å². The van der Waals surface area contributed by atoms with E-state index < -0.39 is 18.1 Å². The van der Waals surface area contributed by atoms with Crippen LogP contribution in [0.2, 0.25) is 0 Å². The average Bonchev–Trinajstić information content (AvgIpc) is 2.15. The molecule has 0 saturated carbocycles. The van der Waals surface area contributed by atoms with E-state index in [-0.39, 0.29) is 16.5 Å². The maximum atomic E-state index is 12.4. The second-order valence-electron chi connectivity index (χ2n) is 2.91. The third kappa shape index (κ3) is 2.31. The fraction of sp³-hybridized carbons (Fsp3) is 0.333. The summed E-state index contributed by atoms with van der Waals surface area (Å²) in [5.41, 5.74) is -0.159. The van der Waals surface area contributed by atoms with E-state index >= 15 is 0 Å². The molecule has 0 atom stereocenters. The third-order valence-corrected chi connectivity index (χ3v) is 2.61. The number of carboxylic acids is 1. The number of hydrogen-bond acceptors (Lipinski definition) is 2. The van der Waals surface area contributed by atoms with Crippen LogP contribution in [-0.4, -0.2) is 16.1 Å². The molecule has 6 heteroatoms. The Labute approximate surface area is 93.3 Å². The molecule has 1 aromatic heterocycles. The van der Waals surface area contributed by atoms with Gasteiger partial charge >= 0.3 is 5.97 Å². The molecule has 3 nitrogen and oxygen atoms in total. The van der Waals surface area contributed by atoms with Gasteiger partial charge in [-0.1, -0.05) is 15.9 Å². The number of halogens is 3. The maximum absolute atomic E-state index is 12.4. The van der Waals surface area contributed by atoms with E-state index in [0.29, 0.717) is 5.56 Å². The van der Waals surface area contributed by atoms with Crippen LogP contribution in [0, 0.1) is 6.92 Å². The molecule has 1 N–H and O–H groups in total. The standard InChI is InChI=1S/C9H8BrF2NO2/c1-4-6(9(14)15)5(2-10)3-13-7(4)8(11)12/h3,8H,2H2,1H3,(H,14,15). The van der Waals surface area contributed by atoms with Crippen molar-refractivity contribution in [2.75, 3.05) is 0 Å². The molecule has 1 rings (SSSR count). The van der Waals surface area contributed by atoms with Crippen molar-refractivity contribution in [3.63, 3.8) is 0 Å². The average molecular weight is 280 g/mol. The number of rotatable bonds is 3. The monoisotopic (exact) mass is 279 g/mol. The zero-order chi connectivity index (χ0) is 11.6. The highest BCUT2D eigenvalue weighted by Gasteiger charge is 2.21. The summed E-state index contributed by atoms with van der Waals surface area (Å²) in [7, 11) is 0. The van der Waals surface area contributed by atoms with Gasteiger partial charge < -0.3 is 5.11 Å². The van der Waals surface area contributed by atoms with Gasteiger partial charge in [0.1, 0.15) is 5.69 Å². The summed E-state index contributed by atoms with van der Waals surface area (Å²) in [6.07, 6.45) is -1.60. The largest absolute Gasteiger partial charge is 0.478 e. The Bertz CT molecular complexity index is 396. The summed E-state index contributed by atoms with van der Waals surface area (Å²) >= 11 is 3.08. The molecule has 0 bridgehead atoms. The zero-order valence-electron chi connectivity index (χ0n) is 7.80. The van der Waals surface area contributed by atoms with Crippen LogP contribution >= 0.6 is 15.9 Å². The lowest BCUT2D eigenvalue weighted by Gasteiger charge is -2.10. The van der Waals surface area contributed by atoms with Crippen LogP contribution in [0.15, 0.2) is 6.20 Å². The molecule has 1 heterocycles. The number of aromatic nitrogens is 1. The van der Waals surface area contributed by atoms with Crippen LogP contribution in [0.4, 0.5) is 8.78 Å². The quantitative estimate of drug-likeness (QED) is 0.866. The van der Waals surface area contributed by atoms with Crippen LogP contribution in [0.5, 0.6) is 0 Å². The minimum Gasteiger partial charge on any atom is -0.478 e. The molecule has 0 unspecified atom stereocenters. The SMILES string of the molecule is Cc1c(C(F)F)ncc(CBr)c1C(=O)O. The Morgan fingerprint density at radius 3 is 2.67 bits per heavy atom. The van der Waals surface area contributed by atoms with E-state index in [1.807, 2.05) is 0 Å². The van der Waals surface area contributed by atoms with E-state index in [4.69, 9.17) is 5.11 Å². The molecule has 0 aliphatic rings. The van der Waals surface area contributed by atoms with Gasteiger partial charge in [0.05, 0.1) is 5.56 Å². The summed E-state index contributed by atoms with van der Waals surface area (Å²) in [5.74, 6) is -1.22. The molecule has 0 radical (unpaired) electrons. The first-order valence-electron chi connectivity index (χ1n) is 4.04. The molecular weight excluding hydrogens is 272 g/mol. The lowest BCUT2D eigenvalue weighted by Crippen LogP contribution is -2.09. The minimum absolute atomic E-state index is 0.0226. The van der Waals surface area contributed by atoms with Gasteiger partial charge in [-0.15, -0.1) is 0 Å². The summed E-state index contributed by atoms with van der Waals surface area (Å²) in [6.45, 7) is 1.34. The predicted molar refractivity (Wildman–Crippen MR) is 53.5 cm³/mol. The van der Waals surface area contributed by atoms with Crippen molar-refractivity contribution in [2.24, 2.45) is 0 Å². The second-order valence-corrected chi connectivity index (χ2v) is 3.47. The molecule has 0 aliphatic heterocycles.